The van der Waals surface area contributed by atoms with Crippen molar-refractivity contribution >= 4 is 50.7 Å². The number of hydrogen-bond donors (Lipinski definition) is 2. The van der Waals surface area contributed by atoms with Gasteiger partial charge in [0.15, 0.2) is 22.7 Å². The van der Waals surface area contributed by atoms with Crippen molar-refractivity contribution in [1.82, 2.24) is 19.4 Å². The Balaban J connectivity index is 1.16. The van der Waals surface area contributed by atoms with Gasteiger partial charge in [-0.2, -0.15) is 5.10 Å². The van der Waals surface area contributed by atoms with Crippen LogP contribution in [0.5, 0.6) is 11.5 Å². The Morgan fingerprint density at radius 3 is 2.34 bits per heavy atom. The average molecular weight is 711 g/mol. The summed E-state index contributed by atoms with van der Waals surface area (Å²) in [5.41, 5.74) is 3.42. The number of hydrogen-bond acceptors (Lipinski definition) is 9. The Bertz CT molecular complexity index is 2530. The summed E-state index contributed by atoms with van der Waals surface area (Å²) in [7, 11) is 4.72. The van der Waals surface area contributed by atoms with Crippen LogP contribution in [0.15, 0.2) is 125 Å². The van der Waals surface area contributed by atoms with E-state index in [9.17, 15) is 19.6 Å². The highest BCUT2D eigenvalue weighted by Gasteiger charge is 2.25. The highest BCUT2D eigenvalue weighted by atomic mass is 16.5. The van der Waals surface area contributed by atoms with Crippen LogP contribution >= 0.6 is 0 Å². The van der Waals surface area contributed by atoms with E-state index in [2.05, 4.69) is 20.7 Å². The van der Waals surface area contributed by atoms with E-state index in [1.54, 1.807) is 77.9 Å². The molecule has 0 spiro atoms. The molecule has 0 aliphatic rings. The number of hydroxylamine groups is 2. The first kappa shape index (κ1) is 34.6. The lowest BCUT2D eigenvalue weighted by Crippen LogP contribution is -2.41. The van der Waals surface area contributed by atoms with E-state index >= 15 is 0 Å². The molecule has 7 rings (SSSR count). The van der Waals surface area contributed by atoms with Crippen molar-refractivity contribution < 1.29 is 23.5 Å². The van der Waals surface area contributed by atoms with E-state index in [0.29, 0.717) is 16.8 Å². The third-order valence-corrected chi connectivity index (χ3v) is 8.88. The molecular formula is C40H34N6O7. The van der Waals surface area contributed by atoms with Crippen LogP contribution in [0, 0.1) is 5.21 Å². The van der Waals surface area contributed by atoms with Crippen molar-refractivity contribution in [3.8, 4) is 11.5 Å². The van der Waals surface area contributed by atoms with Gasteiger partial charge in [0.2, 0.25) is 0 Å². The third kappa shape index (κ3) is 7.19. The van der Waals surface area contributed by atoms with Crippen molar-refractivity contribution in [2.45, 2.75) is 13.1 Å². The van der Waals surface area contributed by atoms with E-state index in [1.165, 1.54) is 26.4 Å². The lowest BCUT2D eigenvalue weighted by Gasteiger charge is -2.42. The molecule has 0 aliphatic carbocycles. The fourth-order valence-electron chi connectivity index (χ4n) is 6.22. The maximum absolute atomic E-state index is 14.7. The molecule has 7 aromatic rings. The number of carbonyl (C=O) groups is 2. The minimum absolute atomic E-state index is 0.0412. The fraction of sp³-hybridized carbons (Fsp3) is 0.125. The maximum Gasteiger partial charge on any atom is 0.291 e. The minimum atomic E-state index is -0.751. The zero-order chi connectivity index (χ0) is 37.1. The highest BCUT2D eigenvalue weighted by molar-refractivity contribution is 6.12. The molecule has 0 fully saturated rings. The van der Waals surface area contributed by atoms with Crippen molar-refractivity contribution in [1.29, 1.82) is 0 Å². The van der Waals surface area contributed by atoms with E-state index in [4.69, 9.17) is 13.9 Å². The number of fused-ring (bicyclic) bond motifs is 2. The fourth-order valence-corrected chi connectivity index (χ4v) is 6.22. The Kier molecular flexibility index (Phi) is 9.42. The average Bonchev–Trinajstić information content (AvgIpc) is 3.54. The summed E-state index contributed by atoms with van der Waals surface area (Å²) in [5.74, 6) is -1.08. The van der Waals surface area contributed by atoms with Crippen LogP contribution in [0.25, 0.3) is 21.9 Å². The summed E-state index contributed by atoms with van der Waals surface area (Å²) in [5, 5.41) is 25.8. The molecule has 0 aliphatic heterocycles. The molecule has 1 atom stereocenters. The number of rotatable bonds is 11. The Morgan fingerprint density at radius 2 is 1.58 bits per heavy atom. The first-order valence-electron chi connectivity index (χ1n) is 16.5. The molecule has 3 aromatic heterocycles. The van der Waals surface area contributed by atoms with Gasteiger partial charge in [-0.1, -0.05) is 24.3 Å². The second-order valence-corrected chi connectivity index (χ2v) is 12.4. The van der Waals surface area contributed by atoms with Crippen LogP contribution in [0.1, 0.15) is 32.0 Å². The van der Waals surface area contributed by atoms with Gasteiger partial charge >= 0.3 is 0 Å². The normalized spacial score (nSPS) is 12.3. The predicted octanol–water partition coefficient (Wildman–Crippen LogP) is 6.80. The lowest BCUT2D eigenvalue weighted by molar-refractivity contribution is 0.0997. The minimum Gasteiger partial charge on any atom is -0.627 e. The first-order chi connectivity index (χ1) is 25.6. The van der Waals surface area contributed by atoms with E-state index in [0.717, 1.165) is 28.1 Å². The van der Waals surface area contributed by atoms with Crippen LogP contribution in [0.2, 0.25) is 0 Å². The van der Waals surface area contributed by atoms with E-state index < -0.39 is 16.5 Å². The molecule has 1 unspecified atom stereocenters. The van der Waals surface area contributed by atoms with Gasteiger partial charge in [-0.25, -0.2) is 0 Å². The zero-order valence-electron chi connectivity index (χ0n) is 29.0. The highest BCUT2D eigenvalue weighted by Crippen LogP contribution is 2.35. The summed E-state index contributed by atoms with van der Waals surface area (Å²) >= 11 is 0. The second-order valence-electron chi connectivity index (χ2n) is 12.4. The summed E-state index contributed by atoms with van der Waals surface area (Å²) in [4.78, 5) is 44.0. The molecule has 266 valence electrons. The van der Waals surface area contributed by atoms with Crippen LogP contribution in [0.3, 0.4) is 0 Å². The monoisotopic (exact) mass is 710 g/mol. The number of methoxy groups -OCH3 is 2. The number of carbonyl (C=O) groups excluding carboxylic acids is 2. The summed E-state index contributed by atoms with van der Waals surface area (Å²) < 4.78 is 17.6. The number of aryl methyl sites for hydroxylation is 1. The van der Waals surface area contributed by atoms with Gasteiger partial charge in [-0.15, -0.1) is 0 Å². The van der Waals surface area contributed by atoms with E-state index in [-0.39, 0.29) is 52.6 Å². The molecule has 0 saturated carbocycles. The molecular weight excluding hydrogens is 676 g/mol. The number of para-hydroxylation sites is 1. The number of quaternary nitrogens is 1. The molecule has 0 bridgehead atoms. The van der Waals surface area contributed by atoms with Crippen LogP contribution < -0.4 is 30.2 Å². The number of benzene rings is 4. The zero-order valence-corrected chi connectivity index (χ0v) is 29.0. The quantitative estimate of drug-likeness (QED) is 0.109. The van der Waals surface area contributed by atoms with Crippen molar-refractivity contribution in [3.05, 3.63) is 154 Å². The number of aromatic nitrogens is 3. The second kappa shape index (κ2) is 14.4. The number of anilines is 2. The molecule has 13 heteroatoms. The summed E-state index contributed by atoms with van der Waals surface area (Å²) in [6.07, 6.45) is 5.11. The molecule has 3 heterocycles. The van der Waals surface area contributed by atoms with Crippen LogP contribution in [0.4, 0.5) is 17.1 Å². The number of ether oxygens (including phenoxy) is 2. The van der Waals surface area contributed by atoms with Gasteiger partial charge in [0.25, 0.3) is 11.8 Å². The van der Waals surface area contributed by atoms with Gasteiger partial charge in [0.05, 0.1) is 42.6 Å². The molecule has 2 N–H and O–H groups in total. The topological polar surface area (TPSA) is 161 Å². The van der Waals surface area contributed by atoms with Crippen LogP contribution in [-0.4, -0.2) is 40.8 Å². The van der Waals surface area contributed by atoms with Gasteiger partial charge < -0.3 is 34.4 Å². The molecule has 2 amide bonds. The smallest absolute Gasteiger partial charge is 0.291 e. The number of pyridine rings is 1. The van der Waals surface area contributed by atoms with E-state index in [1.807, 2.05) is 31.3 Å². The molecule has 13 nitrogen and oxygen atoms in total. The first-order valence-corrected chi connectivity index (χ1v) is 16.5. The number of amides is 2. The number of nitrogens with one attached hydrogen (secondary N) is 2. The summed E-state index contributed by atoms with van der Waals surface area (Å²) in [6.45, 7) is 0.258. The van der Waals surface area contributed by atoms with Gasteiger partial charge in [0, 0.05) is 65.9 Å². The summed E-state index contributed by atoms with van der Waals surface area (Å²) in [6, 6.07) is 26.7. The molecule has 0 saturated heterocycles. The third-order valence-electron chi connectivity index (χ3n) is 8.88. The predicted molar refractivity (Wildman–Crippen MR) is 202 cm³/mol. The lowest BCUT2D eigenvalue weighted by atomic mass is 10.1. The molecule has 0 radical (unpaired) electrons. The molecule has 4 aromatic carbocycles. The number of nitrogens with zero attached hydrogens (tertiary/aromatic N) is 4. The largest absolute Gasteiger partial charge is 0.627 e. The van der Waals surface area contributed by atoms with Gasteiger partial charge in [-0.3, -0.25) is 24.0 Å². The Labute approximate surface area is 303 Å². The van der Waals surface area contributed by atoms with Crippen LogP contribution in [-0.2, 0) is 20.1 Å². The Morgan fingerprint density at radius 1 is 0.830 bits per heavy atom. The molecule has 53 heavy (non-hydrogen) atoms. The Hall–Kier alpha value is -6.83. The van der Waals surface area contributed by atoms with Gasteiger partial charge in [0.1, 0.15) is 24.4 Å². The van der Waals surface area contributed by atoms with Crippen molar-refractivity contribution in [2.75, 3.05) is 24.9 Å². The maximum atomic E-state index is 14.7. The van der Waals surface area contributed by atoms with Gasteiger partial charge in [-0.05, 0) is 48.5 Å². The van der Waals surface area contributed by atoms with Crippen molar-refractivity contribution in [2.24, 2.45) is 7.05 Å². The van der Waals surface area contributed by atoms with Crippen molar-refractivity contribution in [3.63, 3.8) is 0 Å². The standard InChI is InChI=1S/C40H34N6O7/c1-45-33-15-10-25(17-27(33)22-42-45)23-46(50,24-26-7-6-16-41-21-26)29-13-11-28(12-14-29)43-39(48)31-18-36(51-2)37(52-3)19-32(31)44-40(49)38-20-34(47)30-8-4-5-9-35(30)53-38/h4-22H,23-24H2,1-3H3,(H,43,48)(H,44,49). The SMILES string of the molecule is COc1cc(NC(=O)c2cc(=O)c3ccccc3o2)c(C(=O)Nc2ccc([N+]([O-])(Cc3cccnc3)Cc3ccc4c(cnn4C)c3)cc2)cc1OC.